The monoisotopic (exact) mass is 204 g/mol. The van der Waals surface area contributed by atoms with E-state index in [2.05, 4.69) is 0 Å². The smallest absolute Gasteiger partial charge is 0.333 e. The molecule has 1 aromatic carbocycles. The molecule has 0 radical (unpaired) electrons. The second-order valence-electron chi connectivity index (χ2n) is 3.15. The summed E-state index contributed by atoms with van der Waals surface area (Å²) in [6.45, 7) is 4.18. The molecule has 0 saturated carbocycles. The van der Waals surface area contributed by atoms with Gasteiger partial charge in [0.05, 0.1) is 6.61 Å². The standard InChI is InChI=1S/C13H16O2/c1-3-12(13(14)15-4-2)10-11-8-6-5-7-9-11/h5-10H,3-4H2,1-2H3/b12-10-. The molecule has 0 heterocycles. The minimum absolute atomic E-state index is 0.219. The van der Waals surface area contributed by atoms with E-state index in [0.29, 0.717) is 18.6 Å². The van der Waals surface area contributed by atoms with Gasteiger partial charge < -0.3 is 4.74 Å². The van der Waals surface area contributed by atoms with E-state index in [9.17, 15) is 4.79 Å². The molecule has 0 aromatic heterocycles. The minimum atomic E-state index is -0.219. The van der Waals surface area contributed by atoms with Crippen LogP contribution in [-0.2, 0) is 9.53 Å². The number of esters is 1. The number of ether oxygens (including phenoxy) is 1. The summed E-state index contributed by atoms with van der Waals surface area (Å²) in [7, 11) is 0. The molecule has 1 aromatic rings. The lowest BCUT2D eigenvalue weighted by Crippen LogP contribution is -2.06. The molecule has 0 atom stereocenters. The van der Waals surface area contributed by atoms with Gasteiger partial charge in [-0.2, -0.15) is 0 Å². The fraction of sp³-hybridized carbons (Fsp3) is 0.308. The van der Waals surface area contributed by atoms with Crippen LogP contribution in [0.2, 0.25) is 0 Å². The Labute approximate surface area is 90.6 Å². The van der Waals surface area contributed by atoms with Crippen LogP contribution in [-0.4, -0.2) is 12.6 Å². The molecular weight excluding hydrogens is 188 g/mol. The van der Waals surface area contributed by atoms with Gasteiger partial charge in [0.2, 0.25) is 0 Å². The predicted molar refractivity (Wildman–Crippen MR) is 61.3 cm³/mol. The first-order chi connectivity index (χ1) is 7.27. The van der Waals surface area contributed by atoms with Crippen molar-refractivity contribution in [1.82, 2.24) is 0 Å². The lowest BCUT2D eigenvalue weighted by Gasteiger charge is -2.04. The molecule has 0 saturated heterocycles. The SMILES string of the molecule is CCOC(=O)/C(=C\c1ccccc1)CC. The highest BCUT2D eigenvalue weighted by atomic mass is 16.5. The van der Waals surface area contributed by atoms with Crippen LogP contribution in [0.3, 0.4) is 0 Å². The Bertz CT molecular complexity index is 339. The van der Waals surface area contributed by atoms with Crippen LogP contribution in [0.25, 0.3) is 6.08 Å². The van der Waals surface area contributed by atoms with Gasteiger partial charge in [-0.15, -0.1) is 0 Å². The Hall–Kier alpha value is -1.57. The maximum atomic E-state index is 11.5. The average Bonchev–Trinajstić information content (AvgIpc) is 2.27. The van der Waals surface area contributed by atoms with E-state index in [0.717, 1.165) is 5.56 Å². The van der Waals surface area contributed by atoms with Crippen molar-refractivity contribution in [3.05, 3.63) is 41.5 Å². The molecule has 2 nitrogen and oxygen atoms in total. The maximum absolute atomic E-state index is 11.5. The molecule has 1 rings (SSSR count). The first kappa shape index (κ1) is 11.5. The van der Waals surface area contributed by atoms with Crippen LogP contribution in [0.15, 0.2) is 35.9 Å². The van der Waals surface area contributed by atoms with Crippen molar-refractivity contribution in [2.45, 2.75) is 20.3 Å². The van der Waals surface area contributed by atoms with Crippen LogP contribution in [0.4, 0.5) is 0 Å². The van der Waals surface area contributed by atoms with Crippen LogP contribution >= 0.6 is 0 Å². The van der Waals surface area contributed by atoms with E-state index in [1.807, 2.05) is 50.3 Å². The van der Waals surface area contributed by atoms with Crippen molar-refractivity contribution in [3.63, 3.8) is 0 Å². The fourth-order valence-corrected chi connectivity index (χ4v) is 1.28. The zero-order chi connectivity index (χ0) is 11.1. The molecule has 0 bridgehead atoms. The van der Waals surface area contributed by atoms with E-state index in [4.69, 9.17) is 4.74 Å². The average molecular weight is 204 g/mol. The van der Waals surface area contributed by atoms with Crippen LogP contribution < -0.4 is 0 Å². The molecule has 0 fully saturated rings. The van der Waals surface area contributed by atoms with Crippen LogP contribution in [0, 0.1) is 0 Å². The van der Waals surface area contributed by atoms with Gasteiger partial charge in [0.25, 0.3) is 0 Å². The molecule has 0 N–H and O–H groups in total. The Morgan fingerprint density at radius 3 is 2.47 bits per heavy atom. The second-order valence-corrected chi connectivity index (χ2v) is 3.15. The highest BCUT2D eigenvalue weighted by Crippen LogP contribution is 2.10. The zero-order valence-electron chi connectivity index (χ0n) is 9.19. The summed E-state index contributed by atoms with van der Waals surface area (Å²) >= 11 is 0. The third-order valence-corrected chi connectivity index (χ3v) is 2.06. The number of hydrogen-bond acceptors (Lipinski definition) is 2. The summed E-state index contributed by atoms with van der Waals surface area (Å²) in [5, 5.41) is 0. The van der Waals surface area contributed by atoms with Crippen molar-refractivity contribution in [1.29, 1.82) is 0 Å². The molecule has 2 heteroatoms. The maximum Gasteiger partial charge on any atom is 0.333 e. The first-order valence-corrected chi connectivity index (χ1v) is 5.20. The van der Waals surface area contributed by atoms with Gasteiger partial charge in [0.1, 0.15) is 0 Å². The number of carbonyl (C=O) groups excluding carboxylic acids is 1. The molecule has 0 amide bonds. The Morgan fingerprint density at radius 1 is 1.27 bits per heavy atom. The van der Waals surface area contributed by atoms with Crippen molar-refractivity contribution in [2.24, 2.45) is 0 Å². The number of benzene rings is 1. The van der Waals surface area contributed by atoms with E-state index in [-0.39, 0.29) is 5.97 Å². The lowest BCUT2D eigenvalue weighted by atomic mass is 10.1. The molecule has 80 valence electrons. The van der Waals surface area contributed by atoms with E-state index in [1.165, 1.54) is 0 Å². The lowest BCUT2D eigenvalue weighted by molar-refractivity contribution is -0.138. The molecular formula is C13H16O2. The van der Waals surface area contributed by atoms with E-state index in [1.54, 1.807) is 0 Å². The number of rotatable bonds is 4. The fourth-order valence-electron chi connectivity index (χ4n) is 1.28. The molecule has 0 aliphatic heterocycles. The Balaban J connectivity index is 2.83. The second kappa shape index (κ2) is 6.02. The molecule has 0 aliphatic rings. The zero-order valence-corrected chi connectivity index (χ0v) is 9.19. The minimum Gasteiger partial charge on any atom is -0.463 e. The summed E-state index contributed by atoms with van der Waals surface area (Å²) in [5.74, 6) is -0.219. The van der Waals surface area contributed by atoms with Gasteiger partial charge in [-0.1, -0.05) is 37.3 Å². The number of hydrogen-bond donors (Lipinski definition) is 0. The normalized spacial score (nSPS) is 11.2. The van der Waals surface area contributed by atoms with E-state index >= 15 is 0 Å². The molecule has 0 spiro atoms. The van der Waals surface area contributed by atoms with Crippen molar-refractivity contribution >= 4 is 12.0 Å². The van der Waals surface area contributed by atoms with Gasteiger partial charge in [-0.25, -0.2) is 4.79 Å². The highest BCUT2D eigenvalue weighted by Gasteiger charge is 2.07. The van der Waals surface area contributed by atoms with E-state index < -0.39 is 0 Å². The molecule has 0 unspecified atom stereocenters. The van der Waals surface area contributed by atoms with Crippen molar-refractivity contribution < 1.29 is 9.53 Å². The van der Waals surface area contributed by atoms with Crippen molar-refractivity contribution in [3.8, 4) is 0 Å². The van der Waals surface area contributed by atoms with Crippen LogP contribution in [0.1, 0.15) is 25.8 Å². The summed E-state index contributed by atoms with van der Waals surface area (Å²) in [6.07, 6.45) is 2.56. The van der Waals surface area contributed by atoms with Gasteiger partial charge in [-0.05, 0) is 25.0 Å². The Kier molecular flexibility index (Phi) is 4.61. The first-order valence-electron chi connectivity index (χ1n) is 5.20. The quantitative estimate of drug-likeness (QED) is 0.556. The Morgan fingerprint density at radius 2 is 1.93 bits per heavy atom. The molecule has 15 heavy (non-hydrogen) atoms. The largest absolute Gasteiger partial charge is 0.463 e. The van der Waals surface area contributed by atoms with Crippen LogP contribution in [0.5, 0.6) is 0 Å². The summed E-state index contributed by atoms with van der Waals surface area (Å²) in [4.78, 5) is 11.5. The van der Waals surface area contributed by atoms with Crippen molar-refractivity contribution in [2.75, 3.05) is 6.61 Å². The van der Waals surface area contributed by atoms with Gasteiger partial charge in [0.15, 0.2) is 0 Å². The van der Waals surface area contributed by atoms with Gasteiger partial charge in [-0.3, -0.25) is 0 Å². The van der Waals surface area contributed by atoms with Gasteiger partial charge in [0, 0.05) is 5.57 Å². The third-order valence-electron chi connectivity index (χ3n) is 2.06. The van der Waals surface area contributed by atoms with Gasteiger partial charge >= 0.3 is 5.97 Å². The summed E-state index contributed by atoms with van der Waals surface area (Å²) < 4.78 is 4.96. The number of carbonyl (C=O) groups is 1. The topological polar surface area (TPSA) is 26.3 Å². The summed E-state index contributed by atoms with van der Waals surface area (Å²) in [5.41, 5.74) is 1.74. The summed E-state index contributed by atoms with van der Waals surface area (Å²) in [6, 6.07) is 9.78. The third kappa shape index (κ3) is 3.58. The highest BCUT2D eigenvalue weighted by molar-refractivity contribution is 5.93. The predicted octanol–water partition coefficient (Wildman–Crippen LogP) is 3.04. The molecule has 0 aliphatic carbocycles.